The van der Waals surface area contributed by atoms with Gasteiger partial charge >= 0.3 is 0 Å². The smallest absolute Gasteiger partial charge is 0.273 e. The van der Waals surface area contributed by atoms with Crippen LogP contribution < -0.4 is 16.4 Å². The summed E-state index contributed by atoms with van der Waals surface area (Å²) in [5, 5.41) is 14.1. The van der Waals surface area contributed by atoms with Gasteiger partial charge in [-0.2, -0.15) is 4.98 Å². The number of amides is 2. The predicted octanol–water partition coefficient (Wildman–Crippen LogP) is 1.52. The zero-order valence-corrected chi connectivity index (χ0v) is 14.8. The number of hydrogen-bond donors (Lipinski definition) is 3. The van der Waals surface area contributed by atoms with Gasteiger partial charge in [0, 0.05) is 30.4 Å². The monoisotopic (exact) mass is 367 g/mol. The van der Waals surface area contributed by atoms with Crippen LogP contribution in [0.25, 0.3) is 0 Å². The van der Waals surface area contributed by atoms with E-state index < -0.39 is 5.91 Å². The molecule has 2 fully saturated rings. The summed E-state index contributed by atoms with van der Waals surface area (Å²) in [5.74, 6) is -0.0290. The van der Waals surface area contributed by atoms with Crippen molar-refractivity contribution in [2.24, 2.45) is 5.73 Å². The Balaban J connectivity index is 1.48. The Morgan fingerprint density at radius 3 is 2.37 bits per heavy atom. The molecule has 1 saturated carbocycles. The highest BCUT2D eigenvalue weighted by Gasteiger charge is 2.23. The van der Waals surface area contributed by atoms with E-state index in [0.29, 0.717) is 11.4 Å². The van der Waals surface area contributed by atoms with E-state index in [2.05, 4.69) is 25.8 Å². The lowest BCUT2D eigenvalue weighted by Crippen LogP contribution is -2.41. The van der Waals surface area contributed by atoms with Gasteiger partial charge in [0.2, 0.25) is 5.95 Å². The molecule has 140 valence electrons. The third-order valence-electron chi connectivity index (χ3n) is 4.90. The van der Waals surface area contributed by atoms with E-state index in [4.69, 9.17) is 5.73 Å². The fraction of sp³-hybridized carbons (Fsp3) is 0.389. The lowest BCUT2D eigenvalue weighted by Gasteiger charge is -2.30. The molecule has 9 heteroatoms. The fourth-order valence-corrected chi connectivity index (χ4v) is 2.92. The second-order valence-corrected chi connectivity index (χ2v) is 6.82. The number of carbonyl (C=O) groups excluding carboxylic acids is 2. The first-order valence-corrected chi connectivity index (χ1v) is 9.07. The molecule has 27 heavy (non-hydrogen) atoms. The molecule has 4 rings (SSSR count). The van der Waals surface area contributed by atoms with E-state index in [1.54, 1.807) is 24.3 Å². The van der Waals surface area contributed by atoms with Gasteiger partial charge in [-0.05, 0) is 49.9 Å². The molecule has 2 aliphatic rings. The molecule has 1 aliphatic carbocycles. The number of primary amides is 1. The van der Waals surface area contributed by atoms with Gasteiger partial charge < -0.3 is 21.3 Å². The number of likely N-dealkylation sites (tertiary alicyclic amines) is 1. The first-order chi connectivity index (χ1) is 13.1. The number of nitrogens with one attached hydrogen (secondary N) is 2. The maximum atomic E-state index is 12.2. The van der Waals surface area contributed by atoms with Crippen molar-refractivity contribution in [3.8, 4) is 0 Å². The number of nitrogens with two attached hydrogens (primary N) is 1. The Kier molecular flexibility index (Phi) is 4.57. The van der Waals surface area contributed by atoms with E-state index in [9.17, 15) is 9.59 Å². The number of rotatable bonds is 6. The minimum atomic E-state index is -0.669. The van der Waals surface area contributed by atoms with Crippen LogP contribution in [0.3, 0.4) is 0 Å². The molecule has 2 heterocycles. The summed E-state index contributed by atoms with van der Waals surface area (Å²) in [6.07, 6.45) is 4.26. The quantitative estimate of drug-likeness (QED) is 0.706. The summed E-state index contributed by atoms with van der Waals surface area (Å²) < 4.78 is 0. The van der Waals surface area contributed by atoms with E-state index >= 15 is 0 Å². The Hall–Kier alpha value is -3.23. The van der Waals surface area contributed by atoms with Crippen LogP contribution in [0.2, 0.25) is 0 Å². The van der Waals surface area contributed by atoms with Crippen LogP contribution in [0, 0.1) is 0 Å². The van der Waals surface area contributed by atoms with Gasteiger partial charge in [-0.25, -0.2) is 0 Å². The van der Waals surface area contributed by atoms with E-state index in [1.165, 1.54) is 0 Å². The van der Waals surface area contributed by atoms with Crippen LogP contribution in [0.4, 0.5) is 17.5 Å². The average molecular weight is 367 g/mol. The van der Waals surface area contributed by atoms with Crippen molar-refractivity contribution in [3.05, 3.63) is 35.5 Å². The topological polar surface area (TPSA) is 126 Å². The molecule has 0 atom stereocenters. The molecular formula is C18H21N7O2. The maximum Gasteiger partial charge on any atom is 0.273 e. The van der Waals surface area contributed by atoms with Crippen molar-refractivity contribution in [1.29, 1.82) is 0 Å². The normalized spacial score (nSPS) is 16.2. The van der Waals surface area contributed by atoms with Crippen LogP contribution in [0.15, 0.2) is 24.3 Å². The molecule has 1 aromatic heterocycles. The summed E-state index contributed by atoms with van der Waals surface area (Å²) in [7, 11) is 0. The molecule has 4 N–H and O–H groups in total. The molecule has 1 aliphatic heterocycles. The largest absolute Gasteiger partial charge is 0.365 e. The highest BCUT2D eigenvalue weighted by molar-refractivity contribution is 5.96. The molecule has 0 spiro atoms. The third kappa shape index (κ3) is 3.67. The van der Waals surface area contributed by atoms with E-state index in [0.717, 1.165) is 44.5 Å². The third-order valence-corrected chi connectivity index (χ3v) is 4.90. The summed E-state index contributed by atoms with van der Waals surface area (Å²) in [6, 6.07) is 7.39. The van der Waals surface area contributed by atoms with Gasteiger partial charge in [0.1, 0.15) is 0 Å². The first-order valence-electron chi connectivity index (χ1n) is 9.07. The highest BCUT2D eigenvalue weighted by Crippen LogP contribution is 2.24. The molecule has 0 unspecified atom stereocenters. The zero-order valence-electron chi connectivity index (χ0n) is 14.8. The van der Waals surface area contributed by atoms with E-state index in [-0.39, 0.29) is 23.6 Å². The van der Waals surface area contributed by atoms with Crippen molar-refractivity contribution >= 4 is 29.3 Å². The average Bonchev–Trinajstić information content (AvgIpc) is 2.57. The van der Waals surface area contributed by atoms with Crippen LogP contribution in [0.1, 0.15) is 46.5 Å². The molecule has 1 aromatic carbocycles. The Labute approximate surface area is 156 Å². The lowest BCUT2D eigenvalue weighted by molar-refractivity contribution is 0.0651. The minimum absolute atomic E-state index is 0.0305. The first kappa shape index (κ1) is 17.2. The molecule has 2 amide bonds. The second-order valence-electron chi connectivity index (χ2n) is 6.82. The van der Waals surface area contributed by atoms with Crippen molar-refractivity contribution in [2.75, 3.05) is 23.7 Å². The Bertz CT molecular complexity index is 861. The van der Waals surface area contributed by atoms with Crippen molar-refractivity contribution in [1.82, 2.24) is 20.1 Å². The van der Waals surface area contributed by atoms with Crippen LogP contribution in [-0.2, 0) is 0 Å². The van der Waals surface area contributed by atoms with Gasteiger partial charge in [-0.15, -0.1) is 10.2 Å². The van der Waals surface area contributed by atoms with Gasteiger partial charge in [0.25, 0.3) is 11.8 Å². The second kappa shape index (κ2) is 7.18. The number of hydrogen-bond acceptors (Lipinski definition) is 7. The van der Waals surface area contributed by atoms with Gasteiger partial charge in [0.05, 0.1) is 0 Å². The van der Waals surface area contributed by atoms with Crippen molar-refractivity contribution < 1.29 is 9.59 Å². The minimum Gasteiger partial charge on any atom is -0.365 e. The molecule has 0 radical (unpaired) electrons. The van der Waals surface area contributed by atoms with Crippen LogP contribution in [-0.4, -0.2) is 51.0 Å². The summed E-state index contributed by atoms with van der Waals surface area (Å²) in [5.41, 5.74) is 6.76. The van der Waals surface area contributed by atoms with Gasteiger partial charge in [-0.1, -0.05) is 0 Å². The number of nitrogens with zero attached hydrogens (tertiary/aromatic N) is 4. The number of aromatic nitrogens is 3. The Morgan fingerprint density at radius 1 is 1.07 bits per heavy atom. The molecule has 1 saturated heterocycles. The highest BCUT2D eigenvalue weighted by atomic mass is 16.2. The molecule has 0 bridgehead atoms. The number of benzene rings is 1. The van der Waals surface area contributed by atoms with E-state index in [1.807, 2.05) is 4.90 Å². The van der Waals surface area contributed by atoms with Gasteiger partial charge in [0.15, 0.2) is 11.5 Å². The predicted molar refractivity (Wildman–Crippen MR) is 99.9 cm³/mol. The SMILES string of the molecule is NC(=O)c1nnc(Nc2ccc(C(=O)N3CCC3)cc2)nc1NC1CCC1. The van der Waals surface area contributed by atoms with Crippen molar-refractivity contribution in [2.45, 2.75) is 31.7 Å². The van der Waals surface area contributed by atoms with Gasteiger partial charge in [-0.3, -0.25) is 9.59 Å². The van der Waals surface area contributed by atoms with Crippen LogP contribution >= 0.6 is 0 Å². The molecule has 9 nitrogen and oxygen atoms in total. The summed E-state index contributed by atoms with van der Waals surface area (Å²) in [4.78, 5) is 29.9. The summed E-state index contributed by atoms with van der Waals surface area (Å²) >= 11 is 0. The molecular weight excluding hydrogens is 346 g/mol. The lowest BCUT2D eigenvalue weighted by atomic mass is 9.93. The number of carbonyl (C=O) groups is 2. The standard InChI is InChI=1S/C18H21N7O2/c19-15(26)14-16(20-12-3-1-4-12)22-18(24-23-14)21-13-7-5-11(6-8-13)17(27)25-9-2-10-25/h5-8,12H,1-4,9-10H2,(H2,19,26)(H2,20,21,22,24). The zero-order chi connectivity index (χ0) is 18.8. The Morgan fingerprint density at radius 2 is 1.81 bits per heavy atom. The summed E-state index contributed by atoms with van der Waals surface area (Å²) in [6.45, 7) is 1.64. The number of anilines is 3. The van der Waals surface area contributed by atoms with Crippen LogP contribution in [0.5, 0.6) is 0 Å². The van der Waals surface area contributed by atoms with Crippen molar-refractivity contribution in [3.63, 3.8) is 0 Å². The molecule has 2 aromatic rings. The maximum absolute atomic E-state index is 12.2. The fourth-order valence-electron chi connectivity index (χ4n) is 2.92.